The van der Waals surface area contributed by atoms with Gasteiger partial charge in [-0.15, -0.1) is 10.2 Å². The average Bonchev–Trinajstić information content (AvgIpc) is 3.17. The second-order valence-electron chi connectivity index (χ2n) is 7.61. The van der Waals surface area contributed by atoms with Crippen molar-refractivity contribution in [3.8, 4) is 0 Å². The Labute approximate surface area is 151 Å². The highest BCUT2D eigenvalue weighted by Gasteiger charge is 2.31. The Morgan fingerprint density at radius 2 is 2.12 bits per heavy atom. The van der Waals surface area contributed by atoms with Crippen LogP contribution in [0.5, 0.6) is 0 Å². The van der Waals surface area contributed by atoms with E-state index >= 15 is 0 Å². The zero-order valence-corrected chi connectivity index (χ0v) is 16.1. The van der Waals surface area contributed by atoms with Crippen LogP contribution >= 0.6 is 0 Å². The third kappa shape index (κ3) is 4.32. The van der Waals surface area contributed by atoms with Crippen LogP contribution in [0, 0.1) is 5.92 Å². The maximum atomic E-state index is 4.78. The summed E-state index contributed by atoms with van der Waals surface area (Å²) in [5, 5.41) is 15.7. The Morgan fingerprint density at radius 1 is 1.28 bits per heavy atom. The standard InChI is InChI=1S/C18H33N7/c1-5-19-18(21-15-12-24(13(2)3)11-14(15)4)20-10-17-23-22-16-8-6-7-9-25(16)17/h13-15H,5-12H2,1-4H3,(H2,19,20,21). The summed E-state index contributed by atoms with van der Waals surface area (Å²) >= 11 is 0. The van der Waals surface area contributed by atoms with Crippen LogP contribution in [0.3, 0.4) is 0 Å². The molecular weight excluding hydrogens is 314 g/mol. The minimum Gasteiger partial charge on any atom is -0.357 e. The predicted octanol–water partition coefficient (Wildman–Crippen LogP) is 1.40. The number of hydrogen-bond acceptors (Lipinski definition) is 4. The van der Waals surface area contributed by atoms with E-state index in [-0.39, 0.29) is 0 Å². The molecule has 0 aromatic carbocycles. The van der Waals surface area contributed by atoms with Gasteiger partial charge in [0.1, 0.15) is 12.4 Å². The monoisotopic (exact) mass is 347 g/mol. The summed E-state index contributed by atoms with van der Waals surface area (Å²) in [6.07, 6.45) is 3.47. The number of guanidine groups is 1. The third-order valence-electron chi connectivity index (χ3n) is 5.35. The van der Waals surface area contributed by atoms with Crippen molar-refractivity contribution in [2.24, 2.45) is 10.9 Å². The summed E-state index contributed by atoms with van der Waals surface area (Å²) in [5.74, 6) is 3.60. The molecule has 0 amide bonds. The van der Waals surface area contributed by atoms with Crippen LogP contribution < -0.4 is 10.6 Å². The normalized spacial score (nSPS) is 24.6. The molecule has 7 heteroatoms. The number of fused-ring (bicyclic) bond motifs is 1. The fourth-order valence-corrected chi connectivity index (χ4v) is 3.74. The highest BCUT2D eigenvalue weighted by atomic mass is 15.3. The summed E-state index contributed by atoms with van der Waals surface area (Å²) in [6, 6.07) is 1.03. The Bertz CT molecular complexity index is 592. The van der Waals surface area contributed by atoms with Gasteiger partial charge < -0.3 is 15.2 Å². The van der Waals surface area contributed by atoms with Crippen molar-refractivity contribution in [2.45, 2.75) is 72.1 Å². The van der Waals surface area contributed by atoms with E-state index in [1.165, 1.54) is 12.8 Å². The molecule has 2 N–H and O–H groups in total. The van der Waals surface area contributed by atoms with Gasteiger partial charge in [-0.2, -0.15) is 0 Å². The van der Waals surface area contributed by atoms with Gasteiger partial charge in [0.05, 0.1) is 0 Å². The maximum absolute atomic E-state index is 4.78. The Kier molecular flexibility index (Phi) is 5.93. The Balaban J connectivity index is 1.64. The van der Waals surface area contributed by atoms with Crippen LogP contribution in [0.15, 0.2) is 4.99 Å². The Hall–Kier alpha value is -1.63. The molecule has 2 atom stereocenters. The smallest absolute Gasteiger partial charge is 0.191 e. The molecule has 3 rings (SSSR count). The zero-order chi connectivity index (χ0) is 17.8. The number of likely N-dealkylation sites (tertiary alicyclic amines) is 1. The molecule has 0 aliphatic carbocycles. The van der Waals surface area contributed by atoms with Crippen LogP contribution in [0.4, 0.5) is 0 Å². The number of aromatic nitrogens is 3. The zero-order valence-electron chi connectivity index (χ0n) is 16.1. The quantitative estimate of drug-likeness (QED) is 0.622. The molecule has 1 aromatic rings. The summed E-state index contributed by atoms with van der Waals surface area (Å²) in [7, 11) is 0. The predicted molar refractivity (Wildman–Crippen MR) is 101 cm³/mol. The molecule has 7 nitrogen and oxygen atoms in total. The van der Waals surface area contributed by atoms with E-state index in [0.717, 1.165) is 50.2 Å². The van der Waals surface area contributed by atoms with Gasteiger partial charge in [0.2, 0.25) is 0 Å². The molecule has 25 heavy (non-hydrogen) atoms. The first-order valence-electron chi connectivity index (χ1n) is 9.78. The van der Waals surface area contributed by atoms with E-state index in [4.69, 9.17) is 4.99 Å². The van der Waals surface area contributed by atoms with Gasteiger partial charge in [0, 0.05) is 44.7 Å². The van der Waals surface area contributed by atoms with E-state index in [0.29, 0.717) is 24.5 Å². The van der Waals surface area contributed by atoms with Gasteiger partial charge in [-0.05, 0) is 39.5 Å². The molecule has 1 aromatic heterocycles. The Morgan fingerprint density at radius 3 is 2.84 bits per heavy atom. The molecule has 1 fully saturated rings. The van der Waals surface area contributed by atoms with Crippen LogP contribution in [0.2, 0.25) is 0 Å². The number of rotatable bonds is 5. The summed E-state index contributed by atoms with van der Waals surface area (Å²) < 4.78 is 2.25. The highest BCUT2D eigenvalue weighted by molar-refractivity contribution is 5.80. The second kappa shape index (κ2) is 8.17. The van der Waals surface area contributed by atoms with Crippen LogP contribution in [0.1, 0.15) is 52.2 Å². The number of aliphatic imine (C=N–C) groups is 1. The van der Waals surface area contributed by atoms with Crippen molar-refractivity contribution in [1.82, 2.24) is 30.3 Å². The topological polar surface area (TPSA) is 70.4 Å². The minimum atomic E-state index is 0.438. The molecule has 0 saturated carbocycles. The first-order chi connectivity index (χ1) is 12.1. The van der Waals surface area contributed by atoms with Crippen molar-refractivity contribution in [1.29, 1.82) is 0 Å². The van der Waals surface area contributed by atoms with E-state index in [1.54, 1.807) is 0 Å². The number of aryl methyl sites for hydroxylation is 1. The van der Waals surface area contributed by atoms with Gasteiger partial charge in [0.15, 0.2) is 11.8 Å². The third-order valence-corrected chi connectivity index (χ3v) is 5.35. The SMILES string of the molecule is CCNC(=NCc1nnc2n1CCCC2)NC1CN(C(C)C)CC1C. The van der Waals surface area contributed by atoms with E-state index in [9.17, 15) is 0 Å². The fourth-order valence-electron chi connectivity index (χ4n) is 3.74. The lowest BCUT2D eigenvalue weighted by molar-refractivity contribution is 0.265. The highest BCUT2D eigenvalue weighted by Crippen LogP contribution is 2.19. The summed E-state index contributed by atoms with van der Waals surface area (Å²) in [5.41, 5.74) is 0. The van der Waals surface area contributed by atoms with Crippen LogP contribution in [-0.2, 0) is 19.5 Å². The summed E-state index contributed by atoms with van der Waals surface area (Å²) in [6.45, 7) is 13.6. The minimum absolute atomic E-state index is 0.438. The van der Waals surface area contributed by atoms with Gasteiger partial charge in [-0.1, -0.05) is 6.92 Å². The molecular formula is C18H33N7. The molecule has 0 bridgehead atoms. The average molecular weight is 348 g/mol. The van der Waals surface area contributed by atoms with Crippen LogP contribution in [0.25, 0.3) is 0 Å². The summed E-state index contributed by atoms with van der Waals surface area (Å²) in [4.78, 5) is 7.31. The lowest BCUT2D eigenvalue weighted by Crippen LogP contribution is -2.46. The van der Waals surface area contributed by atoms with Gasteiger partial charge in [0.25, 0.3) is 0 Å². The molecule has 2 aliphatic heterocycles. The number of nitrogens with one attached hydrogen (secondary N) is 2. The molecule has 3 heterocycles. The molecule has 140 valence electrons. The van der Waals surface area contributed by atoms with E-state index < -0.39 is 0 Å². The van der Waals surface area contributed by atoms with Gasteiger partial charge in [-0.3, -0.25) is 4.90 Å². The van der Waals surface area contributed by atoms with Crippen molar-refractivity contribution in [3.05, 3.63) is 11.6 Å². The molecule has 1 saturated heterocycles. The number of hydrogen-bond donors (Lipinski definition) is 2. The van der Waals surface area contributed by atoms with E-state index in [2.05, 4.69) is 58.0 Å². The molecule has 0 radical (unpaired) electrons. The second-order valence-corrected chi connectivity index (χ2v) is 7.61. The molecule has 0 spiro atoms. The van der Waals surface area contributed by atoms with Crippen LogP contribution in [-0.4, -0.2) is 57.3 Å². The van der Waals surface area contributed by atoms with Gasteiger partial charge >= 0.3 is 0 Å². The lowest BCUT2D eigenvalue weighted by Gasteiger charge is -2.22. The number of nitrogens with zero attached hydrogens (tertiary/aromatic N) is 5. The van der Waals surface area contributed by atoms with Crippen molar-refractivity contribution < 1.29 is 0 Å². The molecule has 2 unspecified atom stereocenters. The first kappa shape index (κ1) is 18.2. The van der Waals surface area contributed by atoms with Crippen molar-refractivity contribution in [2.75, 3.05) is 19.6 Å². The first-order valence-corrected chi connectivity index (χ1v) is 9.78. The molecule has 2 aliphatic rings. The largest absolute Gasteiger partial charge is 0.357 e. The fraction of sp³-hybridized carbons (Fsp3) is 0.833. The maximum Gasteiger partial charge on any atom is 0.191 e. The lowest BCUT2D eigenvalue weighted by atomic mass is 10.1. The van der Waals surface area contributed by atoms with E-state index in [1.807, 2.05) is 0 Å². The van der Waals surface area contributed by atoms with Crippen molar-refractivity contribution >= 4 is 5.96 Å². The van der Waals surface area contributed by atoms with Gasteiger partial charge in [-0.25, -0.2) is 4.99 Å². The van der Waals surface area contributed by atoms with Crippen molar-refractivity contribution in [3.63, 3.8) is 0 Å².